The van der Waals surface area contributed by atoms with Crippen molar-refractivity contribution >= 4 is 23.4 Å². The van der Waals surface area contributed by atoms with Crippen LogP contribution in [0.2, 0.25) is 0 Å². The number of carbonyl (C=O) groups is 2. The molecular formula is C15H16N4O5. The summed E-state index contributed by atoms with van der Waals surface area (Å²) in [6.45, 7) is 3.34. The number of hydrogen-bond donors (Lipinski definition) is 1. The smallest absolute Gasteiger partial charge is 0.343 e. The summed E-state index contributed by atoms with van der Waals surface area (Å²) >= 11 is 0. The van der Waals surface area contributed by atoms with Crippen molar-refractivity contribution in [1.82, 2.24) is 9.78 Å². The summed E-state index contributed by atoms with van der Waals surface area (Å²) in [6, 6.07) is 4.22. The van der Waals surface area contributed by atoms with Gasteiger partial charge in [-0.1, -0.05) is 6.07 Å². The molecule has 0 fully saturated rings. The van der Waals surface area contributed by atoms with Crippen LogP contribution in [0.4, 0.5) is 11.5 Å². The third kappa shape index (κ3) is 3.24. The molecule has 0 atom stereocenters. The highest BCUT2D eigenvalue weighted by molar-refractivity contribution is 6.08. The number of amides is 1. The average Bonchev–Trinajstić information content (AvgIpc) is 2.88. The Kier molecular flexibility index (Phi) is 4.93. The molecule has 1 heterocycles. The van der Waals surface area contributed by atoms with Gasteiger partial charge < -0.3 is 10.1 Å². The number of aryl methyl sites for hydroxylation is 1. The Hall–Kier alpha value is -3.23. The molecule has 1 aromatic heterocycles. The standard InChI is InChI=1S/C15H16N4O5/c1-4-24-15(21)11-8-16-18(3)13(11)17-14(20)10-6-5-7-12(9(10)2)19(22)23/h5-8H,4H2,1-3H3,(H,17,20). The number of nitrogens with one attached hydrogen (secondary N) is 1. The zero-order chi connectivity index (χ0) is 17.9. The average molecular weight is 332 g/mol. The van der Waals surface area contributed by atoms with Gasteiger partial charge in [-0.15, -0.1) is 0 Å². The van der Waals surface area contributed by atoms with Crippen molar-refractivity contribution in [2.45, 2.75) is 13.8 Å². The van der Waals surface area contributed by atoms with Crippen LogP contribution in [0.5, 0.6) is 0 Å². The largest absolute Gasteiger partial charge is 0.462 e. The molecule has 2 aromatic rings. The number of anilines is 1. The number of nitro groups is 1. The van der Waals surface area contributed by atoms with Crippen LogP contribution < -0.4 is 5.32 Å². The molecule has 0 saturated heterocycles. The van der Waals surface area contributed by atoms with Crippen LogP contribution >= 0.6 is 0 Å². The van der Waals surface area contributed by atoms with E-state index in [1.54, 1.807) is 14.0 Å². The lowest BCUT2D eigenvalue weighted by atomic mass is 10.1. The van der Waals surface area contributed by atoms with Crippen LogP contribution in [0.3, 0.4) is 0 Å². The Bertz CT molecular complexity index is 812. The van der Waals surface area contributed by atoms with E-state index in [1.807, 2.05) is 0 Å². The van der Waals surface area contributed by atoms with Crippen LogP contribution in [0.1, 0.15) is 33.2 Å². The van der Waals surface area contributed by atoms with Crippen molar-refractivity contribution in [2.75, 3.05) is 11.9 Å². The molecule has 9 nitrogen and oxygen atoms in total. The van der Waals surface area contributed by atoms with E-state index in [1.165, 1.54) is 36.0 Å². The van der Waals surface area contributed by atoms with Gasteiger partial charge in [-0.25, -0.2) is 4.79 Å². The van der Waals surface area contributed by atoms with Gasteiger partial charge in [0.1, 0.15) is 11.4 Å². The Balaban J connectivity index is 2.35. The van der Waals surface area contributed by atoms with E-state index in [9.17, 15) is 19.7 Å². The first-order valence-electron chi connectivity index (χ1n) is 7.11. The van der Waals surface area contributed by atoms with Crippen LogP contribution in [-0.2, 0) is 11.8 Å². The van der Waals surface area contributed by atoms with Gasteiger partial charge in [-0.05, 0) is 19.9 Å². The molecule has 0 aliphatic rings. The van der Waals surface area contributed by atoms with E-state index in [-0.39, 0.29) is 34.8 Å². The molecule has 1 aromatic carbocycles. The molecule has 0 spiro atoms. The first-order valence-corrected chi connectivity index (χ1v) is 7.11. The maximum absolute atomic E-state index is 12.5. The number of rotatable bonds is 5. The number of nitro benzene ring substituents is 1. The van der Waals surface area contributed by atoms with E-state index in [2.05, 4.69) is 10.4 Å². The first-order chi connectivity index (χ1) is 11.4. The molecule has 0 saturated carbocycles. The highest BCUT2D eigenvalue weighted by Gasteiger charge is 2.22. The lowest BCUT2D eigenvalue weighted by Gasteiger charge is -2.10. The van der Waals surface area contributed by atoms with Gasteiger partial charge in [0.25, 0.3) is 11.6 Å². The number of ether oxygens (including phenoxy) is 1. The number of nitrogens with zero attached hydrogens (tertiary/aromatic N) is 3. The molecule has 24 heavy (non-hydrogen) atoms. The minimum atomic E-state index is -0.614. The van der Waals surface area contributed by atoms with Crippen LogP contribution in [-0.4, -0.2) is 33.2 Å². The second-order valence-electron chi connectivity index (χ2n) is 4.91. The molecule has 0 unspecified atom stereocenters. The van der Waals surface area contributed by atoms with Crippen molar-refractivity contribution in [3.05, 3.63) is 51.2 Å². The maximum atomic E-state index is 12.5. The molecule has 0 bridgehead atoms. The summed E-state index contributed by atoms with van der Waals surface area (Å²) in [7, 11) is 1.55. The number of hydrogen-bond acceptors (Lipinski definition) is 6. The number of esters is 1. The van der Waals surface area contributed by atoms with Crippen molar-refractivity contribution in [3.63, 3.8) is 0 Å². The Morgan fingerprint density at radius 3 is 2.71 bits per heavy atom. The molecule has 0 aliphatic heterocycles. The number of benzene rings is 1. The zero-order valence-corrected chi connectivity index (χ0v) is 13.4. The summed E-state index contributed by atoms with van der Waals surface area (Å²) in [5.74, 6) is -1.04. The fourth-order valence-electron chi connectivity index (χ4n) is 2.19. The molecule has 1 N–H and O–H groups in total. The third-order valence-corrected chi connectivity index (χ3v) is 3.41. The minimum Gasteiger partial charge on any atom is -0.462 e. The van der Waals surface area contributed by atoms with E-state index in [4.69, 9.17) is 4.74 Å². The summed E-state index contributed by atoms with van der Waals surface area (Å²) in [6.07, 6.45) is 1.29. The second-order valence-corrected chi connectivity index (χ2v) is 4.91. The number of carbonyl (C=O) groups excluding carboxylic acids is 2. The van der Waals surface area contributed by atoms with Gasteiger partial charge in [0.05, 0.1) is 17.7 Å². The summed E-state index contributed by atoms with van der Waals surface area (Å²) in [4.78, 5) is 34.8. The van der Waals surface area contributed by atoms with Crippen LogP contribution in [0, 0.1) is 17.0 Å². The lowest BCUT2D eigenvalue weighted by molar-refractivity contribution is -0.385. The molecule has 1 amide bonds. The normalized spacial score (nSPS) is 10.3. The second kappa shape index (κ2) is 6.90. The molecule has 126 valence electrons. The highest BCUT2D eigenvalue weighted by atomic mass is 16.6. The predicted molar refractivity (Wildman–Crippen MR) is 85.0 cm³/mol. The Morgan fingerprint density at radius 1 is 1.38 bits per heavy atom. The maximum Gasteiger partial charge on any atom is 0.343 e. The van der Waals surface area contributed by atoms with E-state index in [0.29, 0.717) is 0 Å². The predicted octanol–water partition coefficient (Wildman–Crippen LogP) is 2.07. The zero-order valence-electron chi connectivity index (χ0n) is 13.4. The third-order valence-electron chi connectivity index (χ3n) is 3.41. The molecule has 9 heteroatoms. The molecule has 2 rings (SSSR count). The van der Waals surface area contributed by atoms with Gasteiger partial charge >= 0.3 is 5.97 Å². The fraction of sp³-hybridized carbons (Fsp3) is 0.267. The molecule has 0 aliphatic carbocycles. The van der Waals surface area contributed by atoms with Gasteiger partial charge in [-0.3, -0.25) is 19.6 Å². The SMILES string of the molecule is CCOC(=O)c1cnn(C)c1NC(=O)c1cccc([N+](=O)[O-])c1C. The van der Waals surface area contributed by atoms with E-state index in [0.717, 1.165) is 0 Å². The van der Waals surface area contributed by atoms with Crippen molar-refractivity contribution < 1.29 is 19.2 Å². The monoisotopic (exact) mass is 332 g/mol. The van der Waals surface area contributed by atoms with Gasteiger partial charge in [-0.2, -0.15) is 5.10 Å². The number of aromatic nitrogens is 2. The first kappa shape index (κ1) is 17.1. The summed E-state index contributed by atoms with van der Waals surface area (Å²) in [5, 5.41) is 17.5. The Labute approximate surface area is 137 Å². The molecular weight excluding hydrogens is 316 g/mol. The summed E-state index contributed by atoms with van der Waals surface area (Å²) in [5.41, 5.74) is 0.328. The minimum absolute atomic E-state index is 0.107. The topological polar surface area (TPSA) is 116 Å². The van der Waals surface area contributed by atoms with Gasteiger partial charge in [0.2, 0.25) is 0 Å². The molecule has 0 radical (unpaired) electrons. The van der Waals surface area contributed by atoms with Crippen molar-refractivity contribution in [2.24, 2.45) is 7.05 Å². The van der Waals surface area contributed by atoms with Gasteiger partial charge in [0, 0.05) is 24.2 Å². The van der Waals surface area contributed by atoms with Crippen molar-refractivity contribution in [1.29, 1.82) is 0 Å². The Morgan fingerprint density at radius 2 is 2.08 bits per heavy atom. The highest BCUT2D eigenvalue weighted by Crippen LogP contribution is 2.23. The van der Waals surface area contributed by atoms with Crippen molar-refractivity contribution in [3.8, 4) is 0 Å². The summed E-state index contributed by atoms with van der Waals surface area (Å²) < 4.78 is 6.23. The van der Waals surface area contributed by atoms with Crippen LogP contribution in [0.15, 0.2) is 24.4 Å². The quantitative estimate of drug-likeness (QED) is 0.509. The lowest BCUT2D eigenvalue weighted by Crippen LogP contribution is -2.18. The van der Waals surface area contributed by atoms with Crippen LogP contribution in [0.25, 0.3) is 0 Å². The van der Waals surface area contributed by atoms with E-state index >= 15 is 0 Å². The van der Waals surface area contributed by atoms with Gasteiger partial charge in [0.15, 0.2) is 0 Å². The van der Waals surface area contributed by atoms with E-state index < -0.39 is 16.8 Å². The fourth-order valence-corrected chi connectivity index (χ4v) is 2.19.